The molecule has 6 nitrogen and oxygen atoms in total. The van der Waals surface area contributed by atoms with Crippen molar-refractivity contribution in [3.05, 3.63) is 16.2 Å². The smallest absolute Gasteiger partial charge is 0.316 e. The lowest BCUT2D eigenvalue weighted by atomic mass is 10.4. The van der Waals surface area contributed by atoms with Crippen LogP contribution >= 0.6 is 27.3 Å². The van der Waals surface area contributed by atoms with E-state index in [-0.39, 0.29) is 0 Å². The van der Waals surface area contributed by atoms with Crippen LogP contribution in [0.2, 0.25) is 0 Å². The van der Waals surface area contributed by atoms with Crippen molar-refractivity contribution < 1.29 is 9.21 Å². The number of thiophene rings is 1. The van der Waals surface area contributed by atoms with Crippen molar-refractivity contribution in [3.63, 3.8) is 0 Å². The minimum absolute atomic E-state index is 0.342. The molecular weight excluding hydrogens is 284 g/mol. The molecule has 2 aromatic heterocycles. The van der Waals surface area contributed by atoms with Crippen LogP contribution in [0.15, 0.2) is 20.7 Å². The van der Waals surface area contributed by atoms with Crippen LogP contribution in [0.25, 0.3) is 10.8 Å². The number of halogens is 1. The number of anilines is 1. The second-order valence-corrected chi connectivity index (χ2v) is 4.96. The molecule has 0 spiro atoms. The molecule has 0 atom stereocenters. The minimum Gasteiger partial charge on any atom is -0.423 e. The van der Waals surface area contributed by atoms with Crippen LogP contribution in [0.1, 0.15) is 0 Å². The van der Waals surface area contributed by atoms with Gasteiger partial charge in [0.25, 0.3) is 5.89 Å². The van der Waals surface area contributed by atoms with Crippen LogP contribution in [0.5, 0.6) is 0 Å². The van der Waals surface area contributed by atoms with Gasteiger partial charge in [0.1, 0.15) is 4.88 Å². The van der Waals surface area contributed by atoms with Crippen molar-refractivity contribution >= 4 is 39.0 Å². The summed E-state index contributed by atoms with van der Waals surface area (Å²) in [5, 5.41) is 9.78. The number of hydrogen-bond acceptors (Lipinski definition) is 5. The number of nitrogens with one attached hydrogen (secondary N) is 1. The van der Waals surface area contributed by atoms with Gasteiger partial charge in [-0.05, 0) is 22.0 Å². The number of amides is 2. The summed E-state index contributed by atoms with van der Waals surface area (Å²) in [5.74, 6) is 0.342. The van der Waals surface area contributed by atoms with Gasteiger partial charge in [-0.25, -0.2) is 4.79 Å². The Balaban J connectivity index is 2.42. The molecule has 0 aliphatic heterocycles. The predicted octanol–water partition coefficient (Wildman–Crippen LogP) is 2.05. The largest absolute Gasteiger partial charge is 0.423 e. The second-order valence-electron chi connectivity index (χ2n) is 2.53. The fraction of sp³-hybridized carbons (Fsp3) is 0. The lowest BCUT2D eigenvalue weighted by molar-refractivity contribution is 0.259. The lowest BCUT2D eigenvalue weighted by Gasteiger charge is -1.98. The average Bonchev–Trinajstić information content (AvgIpc) is 2.72. The topological polar surface area (TPSA) is 94.0 Å². The van der Waals surface area contributed by atoms with Gasteiger partial charge < -0.3 is 15.5 Å². The Morgan fingerprint density at radius 2 is 2.47 bits per heavy atom. The van der Waals surface area contributed by atoms with Crippen molar-refractivity contribution in [1.82, 2.24) is 10.2 Å². The fourth-order valence-corrected chi connectivity index (χ4v) is 2.50. The quantitative estimate of drug-likeness (QED) is 0.884. The summed E-state index contributed by atoms with van der Waals surface area (Å²) in [4.78, 5) is 11.4. The van der Waals surface area contributed by atoms with Crippen molar-refractivity contribution in [2.24, 2.45) is 5.73 Å². The Bertz CT molecular complexity index is 481. The molecule has 2 amide bonds. The molecule has 0 aliphatic rings. The summed E-state index contributed by atoms with van der Waals surface area (Å²) in [6.07, 6.45) is 1.22. The van der Waals surface area contributed by atoms with Crippen LogP contribution in [0.3, 0.4) is 0 Å². The first kappa shape index (κ1) is 10.1. The zero-order valence-corrected chi connectivity index (χ0v) is 9.63. The number of aromatic nitrogens is 2. The number of carbonyl (C=O) groups is 1. The minimum atomic E-state index is -0.638. The Morgan fingerprint density at radius 3 is 3.07 bits per heavy atom. The maximum Gasteiger partial charge on any atom is 0.316 e. The predicted molar refractivity (Wildman–Crippen MR) is 58.5 cm³/mol. The highest BCUT2D eigenvalue weighted by Gasteiger charge is 2.15. The van der Waals surface area contributed by atoms with Gasteiger partial charge in [0.2, 0.25) is 6.39 Å². The number of primary amides is 1. The van der Waals surface area contributed by atoms with Crippen LogP contribution in [-0.4, -0.2) is 16.2 Å². The van der Waals surface area contributed by atoms with E-state index in [9.17, 15) is 4.79 Å². The molecule has 78 valence electrons. The van der Waals surface area contributed by atoms with Gasteiger partial charge in [-0.15, -0.1) is 21.5 Å². The third-order valence-electron chi connectivity index (χ3n) is 1.51. The molecule has 2 rings (SSSR count). The SMILES string of the molecule is NC(=O)Nc1cc(Br)sc1-c1nnco1. The number of carbonyl (C=O) groups excluding carboxylic acids is 1. The Labute approximate surface area is 96.6 Å². The van der Waals surface area contributed by atoms with E-state index in [0.29, 0.717) is 16.5 Å². The summed E-state index contributed by atoms with van der Waals surface area (Å²) in [6, 6.07) is 1.08. The Hall–Kier alpha value is -1.41. The van der Waals surface area contributed by atoms with E-state index in [2.05, 4.69) is 31.4 Å². The van der Waals surface area contributed by atoms with Crippen molar-refractivity contribution in [3.8, 4) is 10.8 Å². The third-order valence-corrected chi connectivity index (χ3v) is 3.14. The summed E-state index contributed by atoms with van der Waals surface area (Å²) in [6.45, 7) is 0. The normalized spacial score (nSPS) is 10.2. The van der Waals surface area contributed by atoms with Crippen molar-refractivity contribution in [1.29, 1.82) is 0 Å². The van der Waals surface area contributed by atoms with Gasteiger partial charge in [-0.1, -0.05) is 0 Å². The first-order valence-corrected chi connectivity index (χ1v) is 5.40. The molecule has 15 heavy (non-hydrogen) atoms. The summed E-state index contributed by atoms with van der Waals surface area (Å²) < 4.78 is 5.86. The van der Waals surface area contributed by atoms with Crippen LogP contribution in [-0.2, 0) is 0 Å². The summed E-state index contributed by atoms with van der Waals surface area (Å²) >= 11 is 4.66. The molecule has 3 N–H and O–H groups in total. The zero-order valence-electron chi connectivity index (χ0n) is 7.23. The highest BCUT2D eigenvalue weighted by atomic mass is 79.9. The third kappa shape index (κ3) is 2.16. The molecule has 8 heteroatoms. The van der Waals surface area contributed by atoms with Gasteiger partial charge in [0, 0.05) is 0 Å². The van der Waals surface area contributed by atoms with E-state index >= 15 is 0 Å². The van der Waals surface area contributed by atoms with Crippen molar-refractivity contribution in [2.45, 2.75) is 0 Å². The second kappa shape index (κ2) is 3.99. The molecule has 0 saturated heterocycles. The fourth-order valence-electron chi connectivity index (χ4n) is 1.02. The molecule has 0 bridgehead atoms. The van der Waals surface area contributed by atoms with E-state index in [1.165, 1.54) is 17.7 Å². The first-order chi connectivity index (χ1) is 7.16. The number of nitrogens with two attached hydrogens (primary N) is 1. The van der Waals surface area contributed by atoms with Gasteiger partial charge in [0.05, 0.1) is 9.47 Å². The molecule has 0 unspecified atom stereocenters. The molecule has 2 aromatic rings. The molecule has 0 aliphatic carbocycles. The van der Waals surface area contributed by atoms with Gasteiger partial charge in [0.15, 0.2) is 0 Å². The molecule has 0 fully saturated rings. The maximum absolute atomic E-state index is 10.7. The number of rotatable bonds is 2. The van der Waals surface area contributed by atoms with Crippen LogP contribution < -0.4 is 11.1 Å². The van der Waals surface area contributed by atoms with E-state index in [1.54, 1.807) is 6.07 Å². The van der Waals surface area contributed by atoms with E-state index in [1.807, 2.05) is 0 Å². The van der Waals surface area contributed by atoms with Crippen LogP contribution in [0.4, 0.5) is 10.5 Å². The zero-order chi connectivity index (χ0) is 10.8. The Kier molecular flexibility index (Phi) is 2.69. The monoisotopic (exact) mass is 288 g/mol. The molecular formula is C7H5BrN4O2S. The molecule has 2 heterocycles. The number of hydrogen-bond donors (Lipinski definition) is 2. The molecule has 0 saturated carbocycles. The highest BCUT2D eigenvalue weighted by Crippen LogP contribution is 2.38. The van der Waals surface area contributed by atoms with Gasteiger partial charge in [-0.2, -0.15) is 0 Å². The van der Waals surface area contributed by atoms with E-state index < -0.39 is 6.03 Å². The highest BCUT2D eigenvalue weighted by molar-refractivity contribution is 9.11. The number of urea groups is 1. The van der Waals surface area contributed by atoms with Crippen molar-refractivity contribution in [2.75, 3.05) is 5.32 Å². The van der Waals surface area contributed by atoms with E-state index in [0.717, 1.165) is 3.79 Å². The molecule has 0 aromatic carbocycles. The van der Waals surface area contributed by atoms with Crippen LogP contribution in [0, 0.1) is 0 Å². The lowest BCUT2D eigenvalue weighted by Crippen LogP contribution is -2.19. The Morgan fingerprint density at radius 1 is 1.67 bits per heavy atom. The van der Waals surface area contributed by atoms with Gasteiger partial charge >= 0.3 is 6.03 Å². The van der Waals surface area contributed by atoms with Gasteiger partial charge in [-0.3, -0.25) is 0 Å². The summed E-state index contributed by atoms with van der Waals surface area (Å²) in [7, 11) is 0. The molecule has 0 radical (unpaired) electrons. The average molecular weight is 289 g/mol. The summed E-state index contributed by atoms with van der Waals surface area (Å²) in [5.41, 5.74) is 5.57. The maximum atomic E-state index is 10.7. The van der Waals surface area contributed by atoms with E-state index in [4.69, 9.17) is 10.2 Å². The number of nitrogens with zero attached hydrogens (tertiary/aromatic N) is 2. The first-order valence-electron chi connectivity index (χ1n) is 3.79. The standard InChI is InChI=1S/C7H5BrN4O2S/c8-4-1-3(11-7(9)13)5(15-4)6-12-10-2-14-6/h1-2H,(H3,9,11,13).